The lowest BCUT2D eigenvalue weighted by atomic mass is 9.73. The van der Waals surface area contributed by atoms with Gasteiger partial charge in [-0.1, -0.05) is 62.4 Å². The van der Waals surface area contributed by atoms with Gasteiger partial charge in [-0.2, -0.15) is 5.10 Å². The Morgan fingerprint density at radius 2 is 1.71 bits per heavy atom. The van der Waals surface area contributed by atoms with Crippen LogP contribution in [0.1, 0.15) is 38.2 Å². The van der Waals surface area contributed by atoms with E-state index in [0.717, 1.165) is 29.0 Å². The van der Waals surface area contributed by atoms with Crippen molar-refractivity contribution in [3.05, 3.63) is 87.7 Å². The number of anilines is 1. The number of benzene rings is 2. The summed E-state index contributed by atoms with van der Waals surface area (Å²) in [6.07, 6.45) is 0.270. The molecule has 6 heteroatoms. The lowest BCUT2D eigenvalue weighted by Crippen LogP contribution is -2.29. The number of hydrazone groups is 1. The Kier molecular flexibility index (Phi) is 4.63. The van der Waals surface area contributed by atoms with Crippen molar-refractivity contribution in [3.8, 4) is 0 Å². The first-order valence-corrected chi connectivity index (χ1v) is 9.41. The highest BCUT2D eigenvalue weighted by Crippen LogP contribution is 2.49. The Balaban J connectivity index is 1.77. The quantitative estimate of drug-likeness (QED) is 0.604. The average molecular weight is 377 g/mol. The first kappa shape index (κ1) is 18.2. The first-order valence-electron chi connectivity index (χ1n) is 9.41. The van der Waals surface area contributed by atoms with Crippen LogP contribution in [0.5, 0.6) is 0 Å². The predicted molar refractivity (Wildman–Crippen MR) is 109 cm³/mol. The van der Waals surface area contributed by atoms with E-state index in [9.17, 15) is 10.1 Å². The lowest BCUT2D eigenvalue weighted by molar-refractivity contribution is -0.570. The summed E-state index contributed by atoms with van der Waals surface area (Å²) in [5.41, 5.74) is 6.47. The standard InChI is InChI=1S/C22H23N3O3/c1-22(2)13-17(24-23-16-11-7-4-8-12-16)20-18(14-22)28-21(25(26)27)19(20)15-9-5-3-6-10-15/h3-12,19,21,23H,13-14H2,1-2H3/b24-17-. The second-order valence-corrected chi connectivity index (χ2v) is 8.07. The molecule has 1 heterocycles. The van der Waals surface area contributed by atoms with Crippen LogP contribution >= 0.6 is 0 Å². The van der Waals surface area contributed by atoms with Crippen molar-refractivity contribution in [3.63, 3.8) is 0 Å². The molecule has 0 fully saturated rings. The van der Waals surface area contributed by atoms with E-state index in [2.05, 4.69) is 24.4 Å². The van der Waals surface area contributed by atoms with Gasteiger partial charge in [-0.15, -0.1) is 0 Å². The van der Waals surface area contributed by atoms with E-state index in [-0.39, 0.29) is 10.3 Å². The van der Waals surface area contributed by atoms with E-state index in [1.165, 1.54) is 0 Å². The van der Waals surface area contributed by atoms with Crippen molar-refractivity contribution in [2.24, 2.45) is 10.5 Å². The number of hydrogen-bond donors (Lipinski definition) is 1. The minimum atomic E-state index is -1.12. The molecule has 0 amide bonds. The van der Waals surface area contributed by atoms with Crippen LogP contribution in [0.2, 0.25) is 0 Å². The highest BCUT2D eigenvalue weighted by atomic mass is 16.7. The minimum Gasteiger partial charge on any atom is -0.433 e. The van der Waals surface area contributed by atoms with E-state index in [4.69, 9.17) is 4.74 Å². The molecule has 2 atom stereocenters. The van der Waals surface area contributed by atoms with Crippen LogP contribution in [0, 0.1) is 15.5 Å². The van der Waals surface area contributed by atoms with Gasteiger partial charge in [-0.25, -0.2) is 0 Å². The number of hydrogen-bond acceptors (Lipinski definition) is 5. The highest BCUT2D eigenvalue weighted by molar-refractivity contribution is 6.04. The molecular weight excluding hydrogens is 354 g/mol. The van der Waals surface area contributed by atoms with E-state index < -0.39 is 12.1 Å². The molecule has 144 valence electrons. The van der Waals surface area contributed by atoms with Crippen LogP contribution in [0.4, 0.5) is 5.69 Å². The van der Waals surface area contributed by atoms with Crippen molar-refractivity contribution < 1.29 is 9.66 Å². The fourth-order valence-electron chi connectivity index (χ4n) is 4.02. The lowest BCUT2D eigenvalue weighted by Gasteiger charge is -2.31. The molecule has 0 saturated heterocycles. The molecule has 0 spiro atoms. The number of allylic oxidation sites excluding steroid dienone is 1. The molecule has 2 aromatic rings. The number of nitrogens with one attached hydrogen (secondary N) is 1. The van der Waals surface area contributed by atoms with Crippen LogP contribution in [-0.4, -0.2) is 16.9 Å². The maximum atomic E-state index is 11.8. The van der Waals surface area contributed by atoms with E-state index in [0.29, 0.717) is 12.2 Å². The second-order valence-electron chi connectivity index (χ2n) is 8.07. The maximum Gasteiger partial charge on any atom is 0.364 e. The SMILES string of the molecule is CC1(C)CC2=C(/C(=N\Nc3ccccc3)C1)C(c1ccccc1)C([N+](=O)[O-])O2. The fourth-order valence-corrected chi connectivity index (χ4v) is 4.02. The molecule has 0 radical (unpaired) electrons. The van der Waals surface area contributed by atoms with Gasteiger partial charge in [0.25, 0.3) is 0 Å². The van der Waals surface area contributed by atoms with Crippen LogP contribution in [0.15, 0.2) is 77.1 Å². The third kappa shape index (κ3) is 3.50. The number of nitrogens with zero attached hydrogens (tertiary/aromatic N) is 2. The Morgan fingerprint density at radius 1 is 1.07 bits per heavy atom. The largest absolute Gasteiger partial charge is 0.433 e. The highest BCUT2D eigenvalue weighted by Gasteiger charge is 2.50. The van der Waals surface area contributed by atoms with Crippen molar-refractivity contribution in [2.45, 2.75) is 38.8 Å². The van der Waals surface area contributed by atoms with E-state index in [1.807, 2.05) is 60.7 Å². The smallest absolute Gasteiger partial charge is 0.364 e. The Morgan fingerprint density at radius 3 is 2.36 bits per heavy atom. The zero-order chi connectivity index (χ0) is 19.7. The molecule has 1 aliphatic carbocycles. The molecule has 0 bridgehead atoms. The van der Waals surface area contributed by atoms with Gasteiger partial charge >= 0.3 is 6.23 Å². The summed E-state index contributed by atoms with van der Waals surface area (Å²) in [4.78, 5) is 11.4. The molecule has 28 heavy (non-hydrogen) atoms. The maximum absolute atomic E-state index is 11.8. The molecule has 1 N–H and O–H groups in total. The number of ether oxygens (including phenoxy) is 1. The van der Waals surface area contributed by atoms with E-state index >= 15 is 0 Å². The van der Waals surface area contributed by atoms with Crippen LogP contribution in [0.3, 0.4) is 0 Å². The predicted octanol–water partition coefficient (Wildman–Crippen LogP) is 4.95. The number of rotatable bonds is 4. The molecule has 0 aromatic heterocycles. The van der Waals surface area contributed by atoms with Gasteiger partial charge in [0.05, 0.1) is 16.3 Å². The van der Waals surface area contributed by atoms with Gasteiger partial charge in [-0.05, 0) is 29.5 Å². The average Bonchev–Trinajstić information content (AvgIpc) is 3.06. The molecular formula is C22H23N3O3. The van der Waals surface area contributed by atoms with Crippen LogP contribution in [0.25, 0.3) is 0 Å². The summed E-state index contributed by atoms with van der Waals surface area (Å²) in [5, 5.41) is 16.4. The summed E-state index contributed by atoms with van der Waals surface area (Å²) >= 11 is 0. The molecule has 2 aromatic carbocycles. The number of para-hydroxylation sites is 1. The Bertz CT molecular complexity index is 936. The summed E-state index contributed by atoms with van der Waals surface area (Å²) < 4.78 is 5.88. The molecule has 2 unspecified atom stereocenters. The Hall–Kier alpha value is -3.15. The van der Waals surface area contributed by atoms with Gasteiger partial charge in [0.15, 0.2) is 0 Å². The topological polar surface area (TPSA) is 76.8 Å². The molecule has 1 aliphatic heterocycles. The van der Waals surface area contributed by atoms with Crippen molar-refractivity contribution in [1.82, 2.24) is 0 Å². The van der Waals surface area contributed by atoms with Gasteiger partial charge in [0.1, 0.15) is 11.7 Å². The summed E-state index contributed by atoms with van der Waals surface area (Å²) in [6, 6.07) is 19.2. The van der Waals surface area contributed by atoms with Gasteiger partial charge in [0.2, 0.25) is 0 Å². The van der Waals surface area contributed by atoms with Crippen molar-refractivity contribution >= 4 is 11.4 Å². The third-order valence-electron chi connectivity index (χ3n) is 5.22. The Labute approximate surface area is 164 Å². The molecule has 2 aliphatic rings. The van der Waals surface area contributed by atoms with Gasteiger partial charge in [0, 0.05) is 12.0 Å². The van der Waals surface area contributed by atoms with Crippen LogP contribution < -0.4 is 5.43 Å². The van der Waals surface area contributed by atoms with E-state index in [1.54, 1.807) is 0 Å². The fraction of sp³-hybridized carbons (Fsp3) is 0.318. The monoisotopic (exact) mass is 377 g/mol. The van der Waals surface area contributed by atoms with Crippen LogP contribution in [-0.2, 0) is 4.74 Å². The third-order valence-corrected chi connectivity index (χ3v) is 5.22. The molecule has 4 rings (SSSR count). The van der Waals surface area contributed by atoms with Gasteiger partial charge in [-0.3, -0.25) is 15.5 Å². The van der Waals surface area contributed by atoms with Gasteiger partial charge < -0.3 is 4.74 Å². The second kappa shape index (κ2) is 7.11. The zero-order valence-electron chi connectivity index (χ0n) is 16.0. The molecule has 6 nitrogen and oxygen atoms in total. The molecule has 0 saturated carbocycles. The zero-order valence-corrected chi connectivity index (χ0v) is 16.0. The summed E-state index contributed by atoms with van der Waals surface area (Å²) in [6.45, 7) is 4.27. The normalized spacial score (nSPS) is 24.6. The number of nitro groups is 1. The summed E-state index contributed by atoms with van der Waals surface area (Å²) in [7, 11) is 0. The first-order chi connectivity index (χ1) is 13.4. The summed E-state index contributed by atoms with van der Waals surface area (Å²) in [5.74, 6) is 0.235. The minimum absolute atomic E-state index is 0.0806. The van der Waals surface area contributed by atoms with Crippen molar-refractivity contribution in [1.29, 1.82) is 0 Å². The van der Waals surface area contributed by atoms with Crippen molar-refractivity contribution in [2.75, 3.05) is 5.43 Å².